The predicted molar refractivity (Wildman–Crippen MR) is 139 cm³/mol. The summed E-state index contributed by atoms with van der Waals surface area (Å²) in [6.45, 7) is 8.63. The fraction of sp³-hybridized carbons (Fsp3) is 0.429. The van der Waals surface area contributed by atoms with Gasteiger partial charge in [-0.2, -0.15) is 5.10 Å². The lowest BCUT2D eigenvalue weighted by Crippen LogP contribution is -2.36. The number of aromatic nitrogens is 3. The number of morpholine rings is 1. The van der Waals surface area contributed by atoms with E-state index in [1.165, 1.54) is 0 Å². The van der Waals surface area contributed by atoms with E-state index >= 15 is 0 Å². The Morgan fingerprint density at radius 3 is 2.68 bits per heavy atom. The molecule has 0 spiro atoms. The highest BCUT2D eigenvalue weighted by molar-refractivity contribution is 5.86. The lowest BCUT2D eigenvalue weighted by Gasteiger charge is -2.26. The summed E-state index contributed by atoms with van der Waals surface area (Å²) in [4.78, 5) is 31.3. The van der Waals surface area contributed by atoms with E-state index in [1.54, 1.807) is 30.6 Å². The van der Waals surface area contributed by atoms with Gasteiger partial charge in [0.15, 0.2) is 6.29 Å². The third-order valence-corrected chi connectivity index (χ3v) is 6.25. The molecule has 3 heterocycles. The first-order valence-corrected chi connectivity index (χ1v) is 12.8. The molecule has 1 aliphatic heterocycles. The lowest BCUT2D eigenvalue weighted by atomic mass is 10.1. The van der Waals surface area contributed by atoms with Gasteiger partial charge in [0.1, 0.15) is 18.1 Å². The smallest absolute Gasteiger partial charge is 0.311 e. The number of pyridine rings is 1. The van der Waals surface area contributed by atoms with E-state index in [0.717, 1.165) is 62.6 Å². The Morgan fingerprint density at radius 2 is 1.89 bits per heavy atom. The van der Waals surface area contributed by atoms with Crippen molar-refractivity contribution in [2.75, 3.05) is 32.8 Å². The number of ether oxygens (including phenoxy) is 3. The van der Waals surface area contributed by atoms with E-state index in [1.807, 2.05) is 22.9 Å². The van der Waals surface area contributed by atoms with Gasteiger partial charge < -0.3 is 14.2 Å². The molecule has 4 rings (SSSR count). The van der Waals surface area contributed by atoms with Gasteiger partial charge >= 0.3 is 5.97 Å². The highest BCUT2D eigenvalue weighted by Crippen LogP contribution is 2.30. The molecule has 0 aliphatic carbocycles. The normalized spacial score (nSPS) is 14.0. The number of esters is 1. The molecule has 2 aromatic heterocycles. The van der Waals surface area contributed by atoms with E-state index in [-0.39, 0.29) is 36.4 Å². The van der Waals surface area contributed by atoms with Gasteiger partial charge in [0.2, 0.25) is 0 Å². The van der Waals surface area contributed by atoms with Gasteiger partial charge in [-0.15, -0.1) is 0 Å². The van der Waals surface area contributed by atoms with Crippen molar-refractivity contribution in [2.45, 2.75) is 45.8 Å². The Bertz CT molecular complexity index is 1190. The van der Waals surface area contributed by atoms with Crippen LogP contribution in [0.5, 0.6) is 11.5 Å². The number of rotatable bonds is 12. The van der Waals surface area contributed by atoms with Crippen molar-refractivity contribution in [1.82, 2.24) is 19.7 Å². The molecule has 9 heteroatoms. The van der Waals surface area contributed by atoms with Crippen LogP contribution in [0, 0.1) is 0 Å². The van der Waals surface area contributed by atoms with Crippen LogP contribution < -0.4 is 9.47 Å². The number of hydrogen-bond acceptors (Lipinski definition) is 8. The average molecular weight is 507 g/mol. The summed E-state index contributed by atoms with van der Waals surface area (Å²) in [7, 11) is 0. The van der Waals surface area contributed by atoms with Gasteiger partial charge in [-0.1, -0.05) is 12.1 Å². The van der Waals surface area contributed by atoms with Crippen LogP contribution in [-0.2, 0) is 16.1 Å². The topological polar surface area (TPSA) is 95.8 Å². The Morgan fingerprint density at radius 1 is 1.08 bits per heavy atom. The highest BCUT2D eigenvalue weighted by atomic mass is 16.5. The van der Waals surface area contributed by atoms with Crippen molar-refractivity contribution < 1.29 is 23.8 Å². The summed E-state index contributed by atoms with van der Waals surface area (Å²) in [6.07, 6.45) is 6.06. The quantitative estimate of drug-likeness (QED) is 0.155. The van der Waals surface area contributed by atoms with Gasteiger partial charge in [0, 0.05) is 43.5 Å². The zero-order valence-corrected chi connectivity index (χ0v) is 21.5. The summed E-state index contributed by atoms with van der Waals surface area (Å²) in [5, 5.41) is 4.40. The van der Waals surface area contributed by atoms with Gasteiger partial charge in [-0.3, -0.25) is 24.2 Å². The van der Waals surface area contributed by atoms with Crippen molar-refractivity contribution in [1.29, 1.82) is 0 Å². The summed E-state index contributed by atoms with van der Waals surface area (Å²) in [5.74, 6) is 0.188. The molecule has 3 aromatic rings. The number of carbonyl (C=O) groups is 2. The molecule has 1 fully saturated rings. The maximum atomic E-state index is 12.5. The largest absolute Gasteiger partial charge is 0.488 e. The van der Waals surface area contributed by atoms with Crippen molar-refractivity contribution in [3.05, 3.63) is 59.9 Å². The molecule has 0 saturated carbocycles. The maximum Gasteiger partial charge on any atom is 0.311 e. The Labute approximate surface area is 217 Å². The van der Waals surface area contributed by atoms with Crippen LogP contribution in [0.25, 0.3) is 11.4 Å². The van der Waals surface area contributed by atoms with Crippen molar-refractivity contribution in [3.63, 3.8) is 0 Å². The second-order valence-corrected chi connectivity index (χ2v) is 9.23. The molecule has 1 saturated heterocycles. The minimum atomic E-state index is -0.362. The number of unbranched alkanes of at least 4 members (excludes halogenated alkanes) is 1. The zero-order chi connectivity index (χ0) is 26.0. The monoisotopic (exact) mass is 506 g/mol. The fourth-order valence-corrected chi connectivity index (χ4v) is 4.31. The van der Waals surface area contributed by atoms with E-state index in [4.69, 9.17) is 14.2 Å². The number of carbonyl (C=O) groups excluding carboxylic acids is 2. The number of hydrogen-bond donors (Lipinski definition) is 0. The first kappa shape index (κ1) is 26.5. The third-order valence-electron chi connectivity index (χ3n) is 6.25. The summed E-state index contributed by atoms with van der Waals surface area (Å²) in [6, 6.07) is 10.9. The second-order valence-electron chi connectivity index (χ2n) is 9.23. The summed E-state index contributed by atoms with van der Waals surface area (Å²) in [5.41, 5.74) is 2.72. The average Bonchev–Trinajstić information content (AvgIpc) is 3.41. The molecule has 0 N–H and O–H groups in total. The fourth-order valence-electron chi connectivity index (χ4n) is 4.31. The van der Waals surface area contributed by atoms with Gasteiger partial charge in [0.05, 0.1) is 30.2 Å². The van der Waals surface area contributed by atoms with Gasteiger partial charge in [0.25, 0.3) is 0 Å². The Kier molecular flexibility index (Phi) is 9.40. The molecular formula is C28H34N4O5. The van der Waals surface area contributed by atoms with Crippen LogP contribution >= 0.6 is 0 Å². The summed E-state index contributed by atoms with van der Waals surface area (Å²) >= 11 is 0. The van der Waals surface area contributed by atoms with Crippen LogP contribution in [0.15, 0.2) is 48.8 Å². The van der Waals surface area contributed by atoms with Crippen molar-refractivity contribution in [2.24, 2.45) is 0 Å². The van der Waals surface area contributed by atoms with E-state index in [2.05, 4.69) is 28.8 Å². The zero-order valence-electron chi connectivity index (χ0n) is 21.5. The molecule has 0 atom stereocenters. The molecule has 0 unspecified atom stereocenters. The van der Waals surface area contributed by atoms with E-state index in [9.17, 15) is 9.59 Å². The van der Waals surface area contributed by atoms with Crippen LogP contribution in [-0.4, -0.2) is 64.8 Å². The van der Waals surface area contributed by atoms with E-state index in [0.29, 0.717) is 12.0 Å². The van der Waals surface area contributed by atoms with Gasteiger partial charge in [-0.25, -0.2) is 0 Å². The van der Waals surface area contributed by atoms with Crippen LogP contribution in [0.3, 0.4) is 0 Å². The van der Waals surface area contributed by atoms with E-state index < -0.39 is 0 Å². The third kappa shape index (κ3) is 7.02. The standard InChI is InChI=1S/C28H34N4O5/c1-21(2)32-24(11-13-30-32)28-22(7-6-12-29-28)20-36-25-8-5-9-26(23(25)19-33)37-27(34)10-3-4-14-31-15-17-35-18-16-31/h5-9,11-13,19,21H,3-4,10,14-18,20H2,1-2H3. The minimum Gasteiger partial charge on any atom is -0.488 e. The van der Waals surface area contributed by atoms with Crippen LogP contribution in [0.2, 0.25) is 0 Å². The Balaban J connectivity index is 1.37. The first-order valence-electron chi connectivity index (χ1n) is 12.8. The predicted octanol–water partition coefficient (Wildman–Crippen LogP) is 4.33. The second kappa shape index (κ2) is 13.1. The SMILES string of the molecule is CC(C)n1nccc1-c1ncccc1COc1cccc(OC(=O)CCCCN2CCOCC2)c1C=O. The number of nitrogens with zero attached hydrogens (tertiary/aromatic N) is 4. The van der Waals surface area contributed by atoms with Crippen LogP contribution in [0.1, 0.15) is 55.1 Å². The van der Waals surface area contributed by atoms with Crippen molar-refractivity contribution in [3.8, 4) is 22.9 Å². The summed E-state index contributed by atoms with van der Waals surface area (Å²) < 4.78 is 18.8. The van der Waals surface area contributed by atoms with Crippen LogP contribution in [0.4, 0.5) is 0 Å². The first-order chi connectivity index (χ1) is 18.1. The minimum absolute atomic E-state index is 0.174. The molecule has 196 valence electrons. The number of aldehydes is 1. The molecule has 37 heavy (non-hydrogen) atoms. The Hall–Kier alpha value is -3.56. The maximum absolute atomic E-state index is 12.5. The molecule has 0 bridgehead atoms. The lowest BCUT2D eigenvalue weighted by molar-refractivity contribution is -0.134. The van der Waals surface area contributed by atoms with Gasteiger partial charge in [-0.05, 0) is 57.5 Å². The highest BCUT2D eigenvalue weighted by Gasteiger charge is 2.17. The molecule has 1 aliphatic rings. The molecule has 9 nitrogen and oxygen atoms in total. The number of benzene rings is 1. The molecule has 1 aromatic carbocycles. The molecule has 0 amide bonds. The van der Waals surface area contributed by atoms with Crippen molar-refractivity contribution >= 4 is 12.3 Å². The molecule has 0 radical (unpaired) electrons. The molecular weight excluding hydrogens is 472 g/mol.